The minimum absolute atomic E-state index is 0.0950. The number of alkyl halides is 1. The predicted molar refractivity (Wildman–Crippen MR) is 120 cm³/mol. The highest BCUT2D eigenvalue weighted by Crippen LogP contribution is 2.30. The van der Waals surface area contributed by atoms with Crippen molar-refractivity contribution in [2.75, 3.05) is 26.0 Å². The Morgan fingerprint density at radius 3 is 2.79 bits per heavy atom. The van der Waals surface area contributed by atoms with E-state index in [2.05, 4.69) is 27.7 Å². The number of anilines is 1. The molecule has 7 heteroatoms. The van der Waals surface area contributed by atoms with Gasteiger partial charge in [-0.3, -0.25) is 4.79 Å². The first kappa shape index (κ1) is 20.4. The number of benzene rings is 2. The smallest absolute Gasteiger partial charge is 0.274 e. The molecule has 0 radical (unpaired) electrons. The van der Waals surface area contributed by atoms with Gasteiger partial charge in [0.2, 0.25) is 0 Å². The molecule has 0 spiro atoms. The number of methoxy groups -OCH3 is 1. The van der Waals surface area contributed by atoms with Crippen molar-refractivity contribution in [3.8, 4) is 11.5 Å². The summed E-state index contributed by atoms with van der Waals surface area (Å²) in [6.07, 6.45) is 1.66. The predicted octanol–water partition coefficient (Wildman–Crippen LogP) is 4.25. The van der Waals surface area contributed by atoms with Crippen LogP contribution < -0.4 is 15.2 Å². The van der Waals surface area contributed by atoms with Crippen molar-refractivity contribution in [1.82, 2.24) is 5.01 Å². The van der Waals surface area contributed by atoms with Crippen molar-refractivity contribution in [2.24, 2.45) is 5.10 Å². The fourth-order valence-electron chi connectivity index (χ4n) is 3.19. The topological polar surface area (TPSA) is 77.2 Å². The fourth-order valence-corrected chi connectivity index (χ4v) is 3.82. The number of hydrogen-bond donors (Lipinski definition) is 1. The van der Waals surface area contributed by atoms with Gasteiger partial charge >= 0.3 is 0 Å². The molecule has 2 aromatic rings. The number of carbonyl (C=O) groups is 1. The molecule has 0 bridgehead atoms. The molecule has 1 aliphatic heterocycles. The Labute approximate surface area is 178 Å². The van der Waals surface area contributed by atoms with E-state index in [4.69, 9.17) is 15.2 Å². The van der Waals surface area contributed by atoms with E-state index < -0.39 is 0 Å². The van der Waals surface area contributed by atoms with Gasteiger partial charge in [-0.05, 0) is 61.7 Å². The maximum absolute atomic E-state index is 13.1. The third-order valence-electron chi connectivity index (χ3n) is 4.56. The number of nitrogen functional groups attached to an aromatic ring is 1. The van der Waals surface area contributed by atoms with Crippen LogP contribution in [0, 0.1) is 0 Å². The van der Waals surface area contributed by atoms with E-state index in [1.54, 1.807) is 24.3 Å². The van der Waals surface area contributed by atoms with Crippen LogP contribution in [0.3, 0.4) is 0 Å². The summed E-state index contributed by atoms with van der Waals surface area (Å²) in [5.74, 6) is 1.27. The lowest BCUT2D eigenvalue weighted by Gasteiger charge is -2.25. The number of hydrazone groups is 1. The van der Waals surface area contributed by atoms with E-state index >= 15 is 0 Å². The molecular weight excluding hydrogens is 469 g/mol. The normalized spacial score (nSPS) is 13.8. The van der Waals surface area contributed by atoms with Crippen LogP contribution in [0.2, 0.25) is 0 Å². The van der Waals surface area contributed by atoms with Gasteiger partial charge in [-0.1, -0.05) is 22.6 Å². The fraction of sp³-hybridized carbons (Fsp3) is 0.333. The standard InChI is InChI=1S/C21H24IN3O3/c1-3-28-20-12-14(6-9-19(20)27-2)18-5-4-10-25(24-18)21(26)17-8-7-16(23)11-15(17)13-22/h6-9,11-12H,3-5,10,13,23H2,1-2H3. The molecule has 2 aromatic carbocycles. The highest BCUT2D eigenvalue weighted by molar-refractivity contribution is 14.1. The molecule has 0 aromatic heterocycles. The zero-order valence-corrected chi connectivity index (χ0v) is 18.2. The lowest BCUT2D eigenvalue weighted by molar-refractivity contribution is 0.0751. The first-order valence-electron chi connectivity index (χ1n) is 9.22. The van der Waals surface area contributed by atoms with E-state index in [-0.39, 0.29) is 5.91 Å². The second-order valence-electron chi connectivity index (χ2n) is 6.43. The van der Waals surface area contributed by atoms with Crippen molar-refractivity contribution in [3.63, 3.8) is 0 Å². The number of nitrogens with two attached hydrogens (primary N) is 1. The van der Waals surface area contributed by atoms with E-state index in [0.29, 0.717) is 40.3 Å². The molecule has 28 heavy (non-hydrogen) atoms. The van der Waals surface area contributed by atoms with Gasteiger partial charge in [0.25, 0.3) is 5.91 Å². The van der Waals surface area contributed by atoms with Crippen molar-refractivity contribution >= 4 is 39.9 Å². The van der Waals surface area contributed by atoms with Gasteiger partial charge in [0, 0.05) is 27.8 Å². The van der Waals surface area contributed by atoms with Crippen LogP contribution in [0.5, 0.6) is 11.5 Å². The van der Waals surface area contributed by atoms with E-state index in [9.17, 15) is 4.79 Å². The minimum Gasteiger partial charge on any atom is -0.493 e. The van der Waals surface area contributed by atoms with Crippen molar-refractivity contribution < 1.29 is 14.3 Å². The maximum atomic E-state index is 13.1. The average Bonchev–Trinajstić information content (AvgIpc) is 2.73. The van der Waals surface area contributed by atoms with E-state index in [1.165, 1.54) is 0 Å². The summed E-state index contributed by atoms with van der Waals surface area (Å²) in [7, 11) is 1.62. The molecule has 0 fully saturated rings. The Balaban J connectivity index is 1.91. The molecule has 0 unspecified atom stereocenters. The van der Waals surface area contributed by atoms with Crippen LogP contribution in [0.15, 0.2) is 41.5 Å². The van der Waals surface area contributed by atoms with Gasteiger partial charge in [-0.15, -0.1) is 0 Å². The van der Waals surface area contributed by atoms with Crippen molar-refractivity contribution in [2.45, 2.75) is 24.2 Å². The monoisotopic (exact) mass is 493 g/mol. The molecule has 1 heterocycles. The Morgan fingerprint density at radius 2 is 2.07 bits per heavy atom. The number of ether oxygens (including phenoxy) is 2. The van der Waals surface area contributed by atoms with Gasteiger partial charge in [0.05, 0.1) is 19.4 Å². The van der Waals surface area contributed by atoms with Gasteiger partial charge in [-0.2, -0.15) is 5.10 Å². The summed E-state index contributed by atoms with van der Waals surface area (Å²) in [5.41, 5.74) is 9.91. The summed E-state index contributed by atoms with van der Waals surface area (Å²) in [4.78, 5) is 13.1. The first-order valence-corrected chi connectivity index (χ1v) is 10.7. The number of nitrogens with zero attached hydrogens (tertiary/aromatic N) is 2. The quantitative estimate of drug-likeness (QED) is 0.371. The Bertz CT molecular complexity index is 898. The summed E-state index contributed by atoms with van der Waals surface area (Å²) < 4.78 is 11.7. The number of halogens is 1. The van der Waals surface area contributed by atoms with Crippen LogP contribution in [0.1, 0.15) is 41.3 Å². The molecule has 0 aliphatic carbocycles. The maximum Gasteiger partial charge on any atom is 0.274 e. The zero-order valence-electron chi connectivity index (χ0n) is 16.1. The van der Waals surface area contributed by atoms with Gasteiger partial charge in [0.1, 0.15) is 0 Å². The third-order valence-corrected chi connectivity index (χ3v) is 5.38. The molecule has 1 aliphatic rings. The summed E-state index contributed by atoms with van der Waals surface area (Å²) in [6, 6.07) is 11.2. The van der Waals surface area contributed by atoms with Crippen LogP contribution in [0.25, 0.3) is 0 Å². The molecule has 0 saturated heterocycles. The molecular formula is C21H24IN3O3. The number of amides is 1. The highest BCUT2D eigenvalue weighted by atomic mass is 127. The molecule has 6 nitrogen and oxygen atoms in total. The SMILES string of the molecule is CCOc1cc(C2=NN(C(=O)c3ccc(N)cc3CI)CCC2)ccc1OC. The van der Waals surface area contributed by atoms with Crippen molar-refractivity contribution in [1.29, 1.82) is 0 Å². The Hall–Kier alpha value is -2.29. The lowest BCUT2D eigenvalue weighted by atomic mass is 10.0. The third kappa shape index (κ3) is 4.40. The number of carbonyl (C=O) groups excluding carboxylic acids is 1. The lowest BCUT2D eigenvalue weighted by Crippen LogP contribution is -2.32. The largest absolute Gasteiger partial charge is 0.493 e. The number of rotatable bonds is 6. The highest BCUT2D eigenvalue weighted by Gasteiger charge is 2.23. The number of hydrogen-bond acceptors (Lipinski definition) is 5. The zero-order chi connectivity index (χ0) is 20.1. The van der Waals surface area contributed by atoms with E-state index in [0.717, 1.165) is 29.7 Å². The Morgan fingerprint density at radius 1 is 1.25 bits per heavy atom. The van der Waals surface area contributed by atoms with Crippen molar-refractivity contribution in [3.05, 3.63) is 53.1 Å². The Kier molecular flexibility index (Phi) is 6.77. The van der Waals surface area contributed by atoms with Gasteiger partial charge in [-0.25, -0.2) is 5.01 Å². The average molecular weight is 493 g/mol. The molecule has 2 N–H and O–H groups in total. The second kappa shape index (κ2) is 9.27. The molecule has 3 rings (SSSR count). The van der Waals surface area contributed by atoms with Gasteiger partial charge < -0.3 is 15.2 Å². The minimum atomic E-state index is -0.0950. The van der Waals surface area contributed by atoms with Crippen LogP contribution in [-0.2, 0) is 4.43 Å². The molecule has 148 valence electrons. The summed E-state index contributed by atoms with van der Waals surface area (Å²) in [5, 5.41) is 6.21. The summed E-state index contributed by atoms with van der Waals surface area (Å²) >= 11 is 2.24. The molecule has 0 saturated carbocycles. The molecule has 1 amide bonds. The van der Waals surface area contributed by atoms with Gasteiger partial charge in [0.15, 0.2) is 11.5 Å². The molecule has 0 atom stereocenters. The van der Waals surface area contributed by atoms with Crippen LogP contribution in [0.4, 0.5) is 5.69 Å². The van der Waals surface area contributed by atoms with Crippen LogP contribution in [-0.4, -0.2) is 36.9 Å². The second-order valence-corrected chi connectivity index (χ2v) is 7.19. The summed E-state index contributed by atoms with van der Waals surface area (Å²) in [6.45, 7) is 3.08. The van der Waals surface area contributed by atoms with Crippen LogP contribution >= 0.6 is 22.6 Å². The first-order chi connectivity index (χ1) is 13.6. The van der Waals surface area contributed by atoms with E-state index in [1.807, 2.05) is 31.2 Å².